The van der Waals surface area contributed by atoms with Crippen LogP contribution in [0.3, 0.4) is 0 Å². The van der Waals surface area contributed by atoms with Gasteiger partial charge in [-0.3, -0.25) is 9.69 Å². The largest absolute Gasteiger partial charge is 0.373 e. The minimum absolute atomic E-state index is 0.0853. The van der Waals surface area contributed by atoms with E-state index >= 15 is 0 Å². The lowest BCUT2D eigenvalue weighted by molar-refractivity contribution is -0.125. The molecule has 4 nitrogen and oxygen atoms in total. The van der Waals surface area contributed by atoms with Gasteiger partial charge in [0.25, 0.3) is 0 Å². The van der Waals surface area contributed by atoms with Gasteiger partial charge in [-0.2, -0.15) is 0 Å². The number of amides is 1. The van der Waals surface area contributed by atoms with Gasteiger partial charge in [-0.05, 0) is 38.3 Å². The van der Waals surface area contributed by atoms with E-state index in [9.17, 15) is 4.79 Å². The summed E-state index contributed by atoms with van der Waals surface area (Å²) >= 11 is 12.1. The summed E-state index contributed by atoms with van der Waals surface area (Å²) in [7, 11) is 0. The van der Waals surface area contributed by atoms with Crippen LogP contribution < -0.4 is 5.32 Å². The zero-order valence-electron chi connectivity index (χ0n) is 15.0. The van der Waals surface area contributed by atoms with Crippen LogP contribution in [0.1, 0.15) is 38.3 Å². The van der Waals surface area contributed by atoms with E-state index in [0.717, 1.165) is 25.2 Å². The van der Waals surface area contributed by atoms with E-state index in [1.165, 1.54) is 5.56 Å². The summed E-state index contributed by atoms with van der Waals surface area (Å²) in [6.45, 7) is 9.36. The molecule has 1 saturated carbocycles. The number of carbonyl (C=O) groups excluding carboxylic acids is 1. The van der Waals surface area contributed by atoms with Crippen molar-refractivity contribution >= 4 is 29.1 Å². The van der Waals surface area contributed by atoms with E-state index in [0.29, 0.717) is 13.0 Å². The smallest absolute Gasteiger partial charge is 0.229 e. The number of nitrogens with zero attached hydrogens (tertiary/aromatic N) is 1. The molecular weight excluding hydrogens is 359 g/mol. The summed E-state index contributed by atoms with van der Waals surface area (Å²) in [5, 5.41) is 2.93. The Morgan fingerprint density at radius 1 is 1.20 bits per heavy atom. The minimum Gasteiger partial charge on any atom is -0.373 e. The summed E-state index contributed by atoms with van der Waals surface area (Å²) in [6.07, 6.45) is 1.06. The van der Waals surface area contributed by atoms with Crippen molar-refractivity contribution < 1.29 is 9.53 Å². The molecule has 0 bridgehead atoms. The highest BCUT2D eigenvalue weighted by Gasteiger charge is 2.67. The molecule has 1 amide bonds. The average Bonchev–Trinajstić information content (AvgIpc) is 3.05. The number of halogens is 2. The highest BCUT2D eigenvalue weighted by Crippen LogP contribution is 2.63. The molecule has 138 valence electrons. The van der Waals surface area contributed by atoms with Gasteiger partial charge in [0.15, 0.2) is 0 Å². The van der Waals surface area contributed by atoms with Crippen molar-refractivity contribution in [3.8, 4) is 0 Å². The maximum atomic E-state index is 12.2. The maximum absolute atomic E-state index is 12.2. The molecule has 1 aromatic carbocycles. The molecule has 0 aromatic heterocycles. The topological polar surface area (TPSA) is 41.6 Å². The van der Waals surface area contributed by atoms with Gasteiger partial charge in [-0.1, -0.05) is 24.3 Å². The molecule has 2 aliphatic rings. The van der Waals surface area contributed by atoms with Crippen LogP contribution in [0, 0.1) is 5.41 Å². The van der Waals surface area contributed by atoms with E-state index in [-0.39, 0.29) is 18.1 Å². The maximum Gasteiger partial charge on any atom is 0.229 e. The van der Waals surface area contributed by atoms with Gasteiger partial charge in [0.2, 0.25) is 5.91 Å². The summed E-state index contributed by atoms with van der Waals surface area (Å²) in [5.41, 5.74) is 1.67. The summed E-state index contributed by atoms with van der Waals surface area (Å²) in [5.74, 6) is -0.0853. The first-order valence-electron chi connectivity index (χ1n) is 8.81. The predicted octanol–water partition coefficient (Wildman–Crippen LogP) is 3.50. The van der Waals surface area contributed by atoms with Crippen molar-refractivity contribution in [1.82, 2.24) is 10.2 Å². The molecule has 0 spiro atoms. The fourth-order valence-corrected chi connectivity index (χ4v) is 4.16. The second-order valence-corrected chi connectivity index (χ2v) is 9.15. The minimum atomic E-state index is -0.923. The Balaban J connectivity index is 1.50. The fourth-order valence-electron chi connectivity index (χ4n) is 3.46. The van der Waals surface area contributed by atoms with E-state index in [2.05, 4.69) is 48.3 Å². The standard InChI is InChI=1S/C19H26Cl2N2O2/c1-13-9-23(10-14(2)25-13)11-16-6-4-15(5-7-16)8-22-17(24)18(3)12-19(18,20)21/h4-7,13-14H,8-12H2,1-3H3,(H,22,24)/t13-,14-,18+/m1/s1. The van der Waals surface area contributed by atoms with Gasteiger partial charge < -0.3 is 10.1 Å². The van der Waals surface area contributed by atoms with E-state index in [4.69, 9.17) is 27.9 Å². The van der Waals surface area contributed by atoms with Gasteiger partial charge in [-0.15, -0.1) is 23.2 Å². The molecule has 0 unspecified atom stereocenters. The number of hydrogen-bond donors (Lipinski definition) is 1. The summed E-state index contributed by atoms with van der Waals surface area (Å²) in [6, 6.07) is 8.37. The lowest BCUT2D eigenvalue weighted by Crippen LogP contribution is -2.44. The molecule has 1 aromatic rings. The normalized spacial score (nSPS) is 31.6. The number of morpholine rings is 1. The van der Waals surface area contributed by atoms with Crippen molar-refractivity contribution in [2.45, 2.75) is 56.8 Å². The number of benzene rings is 1. The summed E-state index contributed by atoms with van der Waals surface area (Å²) in [4.78, 5) is 14.6. The zero-order valence-corrected chi connectivity index (χ0v) is 16.5. The number of rotatable bonds is 5. The molecule has 25 heavy (non-hydrogen) atoms. The first-order valence-corrected chi connectivity index (χ1v) is 9.57. The molecule has 6 heteroatoms. The van der Waals surface area contributed by atoms with E-state index < -0.39 is 9.75 Å². The zero-order chi connectivity index (χ0) is 18.2. The van der Waals surface area contributed by atoms with Crippen LogP contribution >= 0.6 is 23.2 Å². The number of ether oxygens (including phenoxy) is 1. The van der Waals surface area contributed by atoms with Crippen molar-refractivity contribution in [1.29, 1.82) is 0 Å². The monoisotopic (exact) mass is 384 g/mol. The highest BCUT2D eigenvalue weighted by molar-refractivity contribution is 6.53. The van der Waals surface area contributed by atoms with Crippen molar-refractivity contribution in [2.75, 3.05) is 13.1 Å². The molecular formula is C19H26Cl2N2O2. The molecule has 2 fully saturated rings. The van der Waals surface area contributed by atoms with Crippen molar-refractivity contribution in [3.63, 3.8) is 0 Å². The van der Waals surface area contributed by atoms with Crippen LogP contribution in [0.5, 0.6) is 0 Å². The van der Waals surface area contributed by atoms with Gasteiger partial charge in [0.1, 0.15) is 4.33 Å². The molecule has 1 aliphatic carbocycles. The van der Waals surface area contributed by atoms with Crippen LogP contribution in [0.2, 0.25) is 0 Å². The third kappa shape index (κ3) is 4.30. The Hall–Kier alpha value is -0.810. The van der Waals surface area contributed by atoms with E-state index in [1.54, 1.807) is 6.92 Å². The lowest BCUT2D eigenvalue weighted by Gasteiger charge is -2.35. The number of nitrogens with one attached hydrogen (secondary N) is 1. The second kappa shape index (κ2) is 7.07. The number of alkyl halides is 2. The first kappa shape index (κ1) is 19.0. The van der Waals surface area contributed by atoms with Crippen molar-refractivity contribution in [2.24, 2.45) is 5.41 Å². The molecule has 3 rings (SSSR count). The van der Waals surface area contributed by atoms with Gasteiger partial charge in [-0.25, -0.2) is 0 Å². The van der Waals surface area contributed by atoms with Crippen LogP contribution in [0.25, 0.3) is 0 Å². The molecule has 1 N–H and O–H groups in total. The second-order valence-electron chi connectivity index (χ2n) is 7.66. The Kier molecular flexibility index (Phi) is 5.36. The summed E-state index contributed by atoms with van der Waals surface area (Å²) < 4.78 is 4.85. The quantitative estimate of drug-likeness (QED) is 0.789. The van der Waals surface area contributed by atoms with Crippen LogP contribution in [0.15, 0.2) is 24.3 Å². The van der Waals surface area contributed by atoms with Gasteiger partial charge in [0.05, 0.1) is 17.6 Å². The first-order chi connectivity index (χ1) is 11.7. The highest BCUT2D eigenvalue weighted by atomic mass is 35.5. The van der Waals surface area contributed by atoms with Crippen LogP contribution in [0.4, 0.5) is 0 Å². The van der Waals surface area contributed by atoms with Crippen LogP contribution in [-0.2, 0) is 22.6 Å². The Labute approximate surface area is 159 Å². The Morgan fingerprint density at radius 2 is 1.72 bits per heavy atom. The Morgan fingerprint density at radius 3 is 2.24 bits per heavy atom. The molecule has 1 aliphatic heterocycles. The number of carbonyl (C=O) groups is 1. The van der Waals surface area contributed by atoms with Crippen molar-refractivity contribution in [3.05, 3.63) is 35.4 Å². The molecule has 1 heterocycles. The van der Waals surface area contributed by atoms with Gasteiger partial charge >= 0.3 is 0 Å². The number of hydrogen-bond acceptors (Lipinski definition) is 3. The fraction of sp³-hybridized carbons (Fsp3) is 0.632. The molecule has 1 saturated heterocycles. The Bertz CT molecular complexity index is 625. The lowest BCUT2D eigenvalue weighted by atomic mass is 10.1. The SMILES string of the molecule is C[C@@H]1CN(Cc2ccc(CNC(=O)[C@]3(C)CC3(Cl)Cl)cc2)C[C@@H](C)O1. The van der Waals surface area contributed by atoms with Crippen LogP contribution in [-0.4, -0.2) is 40.4 Å². The average molecular weight is 385 g/mol. The molecule has 3 atom stereocenters. The van der Waals surface area contributed by atoms with E-state index in [1.807, 2.05) is 0 Å². The van der Waals surface area contributed by atoms with Gasteiger partial charge in [0, 0.05) is 26.2 Å². The predicted molar refractivity (Wildman–Crippen MR) is 101 cm³/mol. The third-order valence-electron chi connectivity index (χ3n) is 5.14. The molecule has 0 radical (unpaired) electrons. The third-order valence-corrected chi connectivity index (χ3v) is 6.24.